The third kappa shape index (κ3) is 2.99. The summed E-state index contributed by atoms with van der Waals surface area (Å²) in [5.41, 5.74) is -1.74. The first kappa shape index (κ1) is 16.4. The monoisotopic (exact) mass is 340 g/mol. The maximum Gasteiger partial charge on any atom is 0.417 e. The highest BCUT2D eigenvalue weighted by Gasteiger charge is 2.54. The number of halogens is 3. The van der Waals surface area contributed by atoms with Crippen molar-refractivity contribution in [3.8, 4) is 5.69 Å². The second-order valence-electron chi connectivity index (χ2n) is 5.71. The summed E-state index contributed by atoms with van der Waals surface area (Å²) in [6, 6.07) is 6.60. The second-order valence-corrected chi connectivity index (χ2v) is 5.71. The first-order valence-corrected chi connectivity index (χ1v) is 7.34. The van der Waals surface area contributed by atoms with E-state index in [0.717, 1.165) is 0 Å². The molecule has 1 aromatic heterocycles. The summed E-state index contributed by atoms with van der Waals surface area (Å²) in [4.78, 5) is 17.6. The average molecular weight is 340 g/mol. The number of benzene rings is 1. The molecule has 0 spiro atoms. The third-order valence-electron chi connectivity index (χ3n) is 4.18. The van der Waals surface area contributed by atoms with Crippen LogP contribution in [0.3, 0.4) is 0 Å². The van der Waals surface area contributed by atoms with Crippen LogP contribution in [0, 0.1) is 0 Å². The van der Waals surface area contributed by atoms with Gasteiger partial charge in [-0.3, -0.25) is 4.79 Å². The molecular formula is C15H15F3N4O2. The van der Waals surface area contributed by atoms with Gasteiger partial charge >= 0.3 is 6.18 Å². The number of amides is 1. The molecule has 0 atom stereocenters. The summed E-state index contributed by atoms with van der Waals surface area (Å²) in [6.07, 6.45) is -2.89. The topological polar surface area (TPSA) is 71.2 Å². The Morgan fingerprint density at radius 2 is 1.96 bits per heavy atom. The number of hydrogen-bond acceptors (Lipinski definition) is 4. The highest BCUT2D eigenvalue weighted by Crippen LogP contribution is 2.38. The van der Waals surface area contributed by atoms with Crippen molar-refractivity contribution in [3.05, 3.63) is 42.5 Å². The maximum atomic E-state index is 12.8. The number of likely N-dealkylation sites (tertiary alicyclic amines) is 1. The van der Waals surface area contributed by atoms with E-state index >= 15 is 0 Å². The number of nitrogens with zero attached hydrogens (tertiary/aromatic N) is 4. The average Bonchev–Trinajstić information content (AvgIpc) is 3.08. The molecule has 0 saturated carbocycles. The van der Waals surface area contributed by atoms with Crippen LogP contribution in [0.25, 0.3) is 5.69 Å². The molecule has 24 heavy (non-hydrogen) atoms. The number of aliphatic hydroxyl groups is 1. The number of rotatable bonds is 2. The fourth-order valence-electron chi connectivity index (χ4n) is 2.67. The molecule has 0 unspecified atom stereocenters. The second kappa shape index (κ2) is 5.90. The number of piperidine rings is 1. The van der Waals surface area contributed by atoms with Gasteiger partial charge in [-0.25, -0.2) is 9.67 Å². The van der Waals surface area contributed by atoms with Crippen LogP contribution in [0.1, 0.15) is 23.2 Å². The van der Waals surface area contributed by atoms with E-state index < -0.39 is 24.6 Å². The van der Waals surface area contributed by atoms with Crippen LogP contribution in [-0.2, 0) is 0 Å². The first-order valence-electron chi connectivity index (χ1n) is 7.34. The molecule has 1 aliphatic rings. The maximum absolute atomic E-state index is 12.8. The Morgan fingerprint density at radius 1 is 1.25 bits per heavy atom. The minimum absolute atomic E-state index is 0.150. The zero-order valence-corrected chi connectivity index (χ0v) is 12.6. The van der Waals surface area contributed by atoms with E-state index in [-0.39, 0.29) is 19.0 Å². The van der Waals surface area contributed by atoms with Crippen LogP contribution in [-0.4, -0.2) is 55.5 Å². The largest absolute Gasteiger partial charge is 0.417 e. The number of aromatic nitrogens is 3. The molecule has 1 aliphatic heterocycles. The Bertz CT molecular complexity index is 723. The smallest absolute Gasteiger partial charge is 0.380 e. The van der Waals surface area contributed by atoms with Crippen LogP contribution < -0.4 is 0 Å². The minimum Gasteiger partial charge on any atom is -0.380 e. The van der Waals surface area contributed by atoms with Crippen molar-refractivity contribution < 1.29 is 23.1 Å². The van der Waals surface area contributed by atoms with E-state index in [1.54, 1.807) is 24.3 Å². The Morgan fingerprint density at radius 3 is 2.54 bits per heavy atom. The Hall–Kier alpha value is -2.42. The van der Waals surface area contributed by atoms with Crippen LogP contribution >= 0.6 is 0 Å². The van der Waals surface area contributed by atoms with Gasteiger partial charge in [0.05, 0.1) is 5.69 Å². The van der Waals surface area contributed by atoms with Crippen molar-refractivity contribution in [1.29, 1.82) is 0 Å². The molecule has 2 heterocycles. The van der Waals surface area contributed by atoms with Crippen LogP contribution in [0.2, 0.25) is 0 Å². The van der Waals surface area contributed by atoms with Crippen molar-refractivity contribution in [2.75, 3.05) is 13.1 Å². The molecule has 1 aromatic carbocycles. The summed E-state index contributed by atoms with van der Waals surface area (Å²) >= 11 is 0. The SMILES string of the molecule is O=C(c1cccc(-n2cncn2)c1)N1CCC(O)(C(F)(F)F)CC1. The normalized spacial score (nSPS) is 17.8. The molecule has 2 aromatic rings. The molecular weight excluding hydrogens is 325 g/mol. The summed E-state index contributed by atoms with van der Waals surface area (Å²) in [6.45, 7) is -0.301. The van der Waals surface area contributed by atoms with Crippen molar-refractivity contribution >= 4 is 5.91 Å². The predicted octanol–water partition coefficient (Wildman–Crippen LogP) is 1.80. The van der Waals surface area contributed by atoms with Gasteiger partial charge in [0.2, 0.25) is 0 Å². The lowest BCUT2D eigenvalue weighted by atomic mass is 9.90. The van der Waals surface area contributed by atoms with Crippen molar-refractivity contribution in [2.24, 2.45) is 0 Å². The van der Waals surface area contributed by atoms with Crippen LogP contribution in [0.4, 0.5) is 13.2 Å². The lowest BCUT2D eigenvalue weighted by Gasteiger charge is -2.39. The quantitative estimate of drug-likeness (QED) is 0.905. The summed E-state index contributed by atoms with van der Waals surface area (Å²) in [5.74, 6) is -0.374. The minimum atomic E-state index is -4.69. The van der Waals surface area contributed by atoms with E-state index in [1.165, 1.54) is 22.2 Å². The third-order valence-corrected chi connectivity index (χ3v) is 4.18. The van der Waals surface area contributed by atoms with Gasteiger partial charge in [0.25, 0.3) is 5.91 Å². The lowest BCUT2D eigenvalue weighted by molar-refractivity contribution is -0.271. The van der Waals surface area contributed by atoms with Gasteiger partial charge < -0.3 is 10.0 Å². The highest BCUT2D eigenvalue weighted by atomic mass is 19.4. The Labute approximate surface area is 135 Å². The highest BCUT2D eigenvalue weighted by molar-refractivity contribution is 5.94. The van der Waals surface area contributed by atoms with Gasteiger partial charge in [0, 0.05) is 31.5 Å². The molecule has 0 aliphatic carbocycles. The number of carbonyl (C=O) groups excluding carboxylic acids is 1. The fraction of sp³-hybridized carbons (Fsp3) is 0.400. The predicted molar refractivity (Wildman–Crippen MR) is 77.5 cm³/mol. The molecule has 1 amide bonds. The van der Waals surface area contributed by atoms with E-state index in [1.807, 2.05) is 0 Å². The molecule has 1 fully saturated rings. The van der Waals surface area contributed by atoms with Crippen LogP contribution in [0.15, 0.2) is 36.9 Å². The van der Waals surface area contributed by atoms with E-state index in [2.05, 4.69) is 10.1 Å². The van der Waals surface area contributed by atoms with E-state index in [9.17, 15) is 23.1 Å². The summed E-state index contributed by atoms with van der Waals surface area (Å²) < 4.78 is 39.9. The van der Waals surface area contributed by atoms with Gasteiger partial charge in [-0.1, -0.05) is 6.07 Å². The zero-order chi connectivity index (χ0) is 17.4. The number of hydrogen-bond donors (Lipinski definition) is 1. The molecule has 128 valence electrons. The molecule has 0 bridgehead atoms. The van der Waals surface area contributed by atoms with E-state index in [4.69, 9.17) is 0 Å². The molecule has 0 radical (unpaired) electrons. The Balaban J connectivity index is 1.74. The molecule has 1 saturated heterocycles. The van der Waals surface area contributed by atoms with E-state index in [0.29, 0.717) is 11.3 Å². The van der Waals surface area contributed by atoms with Gasteiger partial charge in [-0.2, -0.15) is 18.3 Å². The van der Waals surface area contributed by atoms with Gasteiger partial charge in [-0.15, -0.1) is 0 Å². The van der Waals surface area contributed by atoms with Gasteiger partial charge in [-0.05, 0) is 18.2 Å². The van der Waals surface area contributed by atoms with Crippen molar-refractivity contribution in [2.45, 2.75) is 24.6 Å². The molecule has 3 rings (SSSR count). The molecule has 6 nitrogen and oxygen atoms in total. The van der Waals surface area contributed by atoms with Crippen molar-refractivity contribution in [1.82, 2.24) is 19.7 Å². The molecule has 1 N–H and O–H groups in total. The fourth-order valence-corrected chi connectivity index (χ4v) is 2.67. The van der Waals surface area contributed by atoms with Crippen LogP contribution in [0.5, 0.6) is 0 Å². The lowest BCUT2D eigenvalue weighted by Crippen LogP contribution is -2.54. The number of carbonyl (C=O) groups is 1. The van der Waals surface area contributed by atoms with Gasteiger partial charge in [0.1, 0.15) is 12.7 Å². The molecule has 9 heteroatoms. The first-order chi connectivity index (χ1) is 11.3. The summed E-state index contributed by atoms with van der Waals surface area (Å²) in [5, 5.41) is 13.6. The van der Waals surface area contributed by atoms with Gasteiger partial charge in [0.15, 0.2) is 5.60 Å². The summed E-state index contributed by atoms with van der Waals surface area (Å²) in [7, 11) is 0. The number of alkyl halides is 3. The zero-order valence-electron chi connectivity index (χ0n) is 12.6. The van der Waals surface area contributed by atoms with Crippen molar-refractivity contribution in [3.63, 3.8) is 0 Å². The standard InChI is InChI=1S/C15H15F3N4O2/c16-15(17,18)14(24)4-6-21(7-5-14)13(23)11-2-1-3-12(8-11)22-10-19-9-20-22/h1-3,8-10,24H,4-7H2. The Kier molecular flexibility index (Phi) is 4.04.